The minimum atomic E-state index is -4.47. The molecule has 0 aliphatic carbocycles. The van der Waals surface area contributed by atoms with Crippen LogP contribution >= 0.6 is 23.1 Å². The molecule has 1 saturated heterocycles. The number of aromatic nitrogens is 4. The molecule has 33 heavy (non-hydrogen) atoms. The molecule has 0 unspecified atom stereocenters. The molecule has 0 saturated carbocycles. The van der Waals surface area contributed by atoms with Gasteiger partial charge in [0.05, 0.1) is 33.8 Å². The van der Waals surface area contributed by atoms with Crippen LogP contribution in [-0.2, 0) is 18.5 Å². The fraction of sp³-hybridized carbons (Fsp3) is 0.348. The molecule has 1 fully saturated rings. The molecule has 4 aromatic rings. The molecule has 10 heteroatoms. The smallest absolute Gasteiger partial charge is 0.296 e. The number of para-hydroxylation sites is 2. The zero-order chi connectivity index (χ0) is 22.8. The topological polar surface area (TPSA) is 46.8 Å². The van der Waals surface area contributed by atoms with Gasteiger partial charge in [-0.3, -0.25) is 9.47 Å². The van der Waals surface area contributed by atoms with Gasteiger partial charge in [-0.15, -0.1) is 21.5 Å². The van der Waals surface area contributed by atoms with Crippen LogP contribution in [0.1, 0.15) is 35.7 Å². The summed E-state index contributed by atoms with van der Waals surface area (Å²) in [5, 5.41) is 9.98. The van der Waals surface area contributed by atoms with Gasteiger partial charge in [-0.05, 0) is 50.2 Å². The number of halogens is 3. The van der Waals surface area contributed by atoms with E-state index >= 15 is 0 Å². The highest BCUT2D eigenvalue weighted by Gasteiger charge is 2.35. The van der Waals surface area contributed by atoms with Crippen LogP contribution in [0.4, 0.5) is 13.2 Å². The van der Waals surface area contributed by atoms with Gasteiger partial charge >= 0.3 is 6.18 Å². The number of likely N-dealkylation sites (tertiary alicyclic amines) is 1. The van der Waals surface area contributed by atoms with Gasteiger partial charge in [0.1, 0.15) is 5.01 Å². The maximum absolute atomic E-state index is 13.9. The number of fused-ring (bicyclic) bond motifs is 1. The molecule has 0 amide bonds. The lowest BCUT2D eigenvalue weighted by Crippen LogP contribution is -2.30. The Balaban J connectivity index is 1.49. The van der Waals surface area contributed by atoms with Gasteiger partial charge in [-0.25, -0.2) is 4.98 Å². The highest BCUT2D eigenvalue weighted by molar-refractivity contribution is 7.98. The van der Waals surface area contributed by atoms with Crippen LogP contribution in [0.25, 0.3) is 15.9 Å². The summed E-state index contributed by atoms with van der Waals surface area (Å²) in [6.45, 7) is 2.31. The molecule has 0 radical (unpaired) electrons. The Hall–Kier alpha value is -2.43. The molecule has 2 aromatic carbocycles. The van der Waals surface area contributed by atoms with Gasteiger partial charge in [0.2, 0.25) is 0 Å². The predicted octanol–water partition coefficient (Wildman–Crippen LogP) is 6.17. The highest BCUT2D eigenvalue weighted by atomic mass is 32.2. The third-order valence-corrected chi connectivity index (χ3v) is 7.79. The van der Waals surface area contributed by atoms with Crippen molar-refractivity contribution in [2.45, 2.75) is 42.9 Å². The normalized spacial score (nSPS) is 15.4. The van der Waals surface area contributed by atoms with Crippen molar-refractivity contribution in [2.75, 3.05) is 13.1 Å². The summed E-state index contributed by atoms with van der Waals surface area (Å²) in [5.41, 5.74) is 0.299. The number of hydrogen-bond donors (Lipinski definition) is 0. The first kappa shape index (κ1) is 22.4. The van der Waals surface area contributed by atoms with E-state index in [-0.39, 0.29) is 5.69 Å². The minimum absolute atomic E-state index is 0.0637. The van der Waals surface area contributed by atoms with E-state index in [2.05, 4.69) is 20.1 Å². The average Bonchev–Trinajstić information content (AvgIpc) is 3.41. The largest absolute Gasteiger partial charge is 0.418 e. The predicted molar refractivity (Wildman–Crippen MR) is 125 cm³/mol. The van der Waals surface area contributed by atoms with Gasteiger partial charge in [-0.1, -0.05) is 42.4 Å². The summed E-state index contributed by atoms with van der Waals surface area (Å²) in [6, 6.07) is 13.5. The molecular weight excluding hydrogens is 467 g/mol. The molecule has 2 aromatic heterocycles. The van der Waals surface area contributed by atoms with Crippen LogP contribution in [-0.4, -0.2) is 37.7 Å². The standard InChI is InChI=1S/C23H22F3N5S2/c24-23(25,26)16-8-2-4-10-18(16)31-20(14-30-12-6-1-7-13-30)28-29-22(31)32-15-21-27-17-9-3-5-11-19(17)33-21/h2-5,8-11H,1,6-7,12-15H2. The summed E-state index contributed by atoms with van der Waals surface area (Å²) in [5.74, 6) is 1.04. The van der Waals surface area contributed by atoms with Crippen LogP contribution in [0.2, 0.25) is 0 Å². The molecule has 0 spiro atoms. The second-order valence-electron chi connectivity index (χ2n) is 7.95. The molecule has 0 N–H and O–H groups in total. The number of alkyl halides is 3. The van der Waals surface area contributed by atoms with Crippen molar-refractivity contribution in [1.29, 1.82) is 0 Å². The lowest BCUT2D eigenvalue weighted by Gasteiger charge is -2.26. The van der Waals surface area contributed by atoms with Crippen molar-refractivity contribution in [3.05, 3.63) is 64.9 Å². The second-order valence-corrected chi connectivity index (χ2v) is 10.0. The van der Waals surface area contributed by atoms with Gasteiger partial charge in [0, 0.05) is 0 Å². The molecule has 1 aliphatic rings. The van der Waals surface area contributed by atoms with Crippen LogP contribution in [0.15, 0.2) is 53.7 Å². The summed E-state index contributed by atoms with van der Waals surface area (Å²) < 4.78 is 44.2. The van der Waals surface area contributed by atoms with Crippen molar-refractivity contribution in [1.82, 2.24) is 24.6 Å². The van der Waals surface area contributed by atoms with Crippen molar-refractivity contribution in [2.24, 2.45) is 0 Å². The van der Waals surface area contributed by atoms with E-state index in [1.807, 2.05) is 24.3 Å². The number of thioether (sulfide) groups is 1. The molecule has 5 rings (SSSR count). The molecule has 5 nitrogen and oxygen atoms in total. The summed E-state index contributed by atoms with van der Waals surface area (Å²) in [7, 11) is 0. The zero-order valence-corrected chi connectivity index (χ0v) is 19.4. The van der Waals surface area contributed by atoms with E-state index in [1.165, 1.54) is 30.3 Å². The van der Waals surface area contributed by atoms with Crippen molar-refractivity contribution < 1.29 is 13.2 Å². The first-order valence-corrected chi connectivity index (χ1v) is 12.6. The van der Waals surface area contributed by atoms with E-state index in [0.717, 1.165) is 47.2 Å². The fourth-order valence-electron chi connectivity index (χ4n) is 4.07. The lowest BCUT2D eigenvalue weighted by atomic mass is 10.1. The number of hydrogen-bond acceptors (Lipinski definition) is 6. The second kappa shape index (κ2) is 9.44. The van der Waals surface area contributed by atoms with Crippen LogP contribution in [0.5, 0.6) is 0 Å². The average molecular weight is 490 g/mol. The van der Waals surface area contributed by atoms with Crippen molar-refractivity contribution in [3.8, 4) is 5.69 Å². The fourth-order valence-corrected chi connectivity index (χ4v) is 6.00. The Morgan fingerprint density at radius 1 is 0.939 bits per heavy atom. The van der Waals surface area contributed by atoms with Gasteiger partial charge in [0.15, 0.2) is 11.0 Å². The third kappa shape index (κ3) is 4.92. The molecule has 172 valence electrons. The maximum Gasteiger partial charge on any atom is 0.418 e. The Kier molecular flexibility index (Phi) is 6.40. The zero-order valence-electron chi connectivity index (χ0n) is 17.8. The van der Waals surface area contributed by atoms with Gasteiger partial charge in [0.25, 0.3) is 0 Å². The Bertz CT molecular complexity index is 1210. The number of rotatable bonds is 6. The molecule has 0 atom stereocenters. The van der Waals surface area contributed by atoms with Crippen molar-refractivity contribution in [3.63, 3.8) is 0 Å². The lowest BCUT2D eigenvalue weighted by molar-refractivity contribution is -0.137. The molecule has 3 heterocycles. The summed E-state index contributed by atoms with van der Waals surface area (Å²) >= 11 is 2.95. The van der Waals surface area contributed by atoms with E-state index in [0.29, 0.717) is 23.3 Å². The molecule has 1 aliphatic heterocycles. The minimum Gasteiger partial charge on any atom is -0.296 e. The van der Waals surface area contributed by atoms with Gasteiger partial charge < -0.3 is 0 Å². The Morgan fingerprint density at radius 2 is 1.70 bits per heavy atom. The van der Waals surface area contributed by atoms with E-state index in [1.54, 1.807) is 22.0 Å². The third-order valence-electron chi connectivity index (χ3n) is 5.63. The Labute approximate surface area is 197 Å². The summed E-state index contributed by atoms with van der Waals surface area (Å²) in [4.78, 5) is 6.88. The number of nitrogens with zero attached hydrogens (tertiary/aromatic N) is 5. The van der Waals surface area contributed by atoms with Crippen LogP contribution < -0.4 is 0 Å². The molecular formula is C23H22F3N5S2. The number of thiazole rings is 1. The van der Waals surface area contributed by atoms with E-state index in [9.17, 15) is 13.2 Å². The maximum atomic E-state index is 13.9. The van der Waals surface area contributed by atoms with Crippen LogP contribution in [0, 0.1) is 0 Å². The van der Waals surface area contributed by atoms with Crippen molar-refractivity contribution >= 4 is 33.3 Å². The quantitative estimate of drug-likeness (QED) is 0.303. The van der Waals surface area contributed by atoms with E-state index < -0.39 is 11.7 Å². The summed E-state index contributed by atoms with van der Waals surface area (Å²) in [6.07, 6.45) is -1.11. The van der Waals surface area contributed by atoms with E-state index in [4.69, 9.17) is 0 Å². The molecule has 0 bridgehead atoms. The van der Waals surface area contributed by atoms with Crippen LogP contribution in [0.3, 0.4) is 0 Å². The number of benzene rings is 2. The Morgan fingerprint density at radius 3 is 2.48 bits per heavy atom. The first-order valence-electron chi connectivity index (χ1n) is 10.8. The first-order chi connectivity index (χ1) is 16.0. The van der Waals surface area contributed by atoms with Gasteiger partial charge in [-0.2, -0.15) is 13.2 Å². The number of piperidine rings is 1. The monoisotopic (exact) mass is 489 g/mol. The highest BCUT2D eigenvalue weighted by Crippen LogP contribution is 2.37. The SMILES string of the molecule is FC(F)(F)c1ccccc1-n1c(CN2CCCCC2)nnc1SCc1nc2ccccc2s1.